The van der Waals surface area contributed by atoms with E-state index in [1.807, 2.05) is 54.8 Å². The van der Waals surface area contributed by atoms with Crippen LogP contribution < -0.4 is 5.32 Å². The summed E-state index contributed by atoms with van der Waals surface area (Å²) >= 11 is 7.43. The highest BCUT2D eigenvalue weighted by Crippen LogP contribution is 2.16. The number of amides is 1. The van der Waals surface area contributed by atoms with Gasteiger partial charge in [0.15, 0.2) is 0 Å². The number of nitrogens with one attached hydrogen (secondary N) is 1. The number of hydrogen-bond donors (Lipinski definition) is 1. The minimum atomic E-state index is -0.101. The summed E-state index contributed by atoms with van der Waals surface area (Å²) in [6.07, 6.45) is 3.37. The van der Waals surface area contributed by atoms with E-state index in [0.29, 0.717) is 5.02 Å². The molecule has 1 N–H and O–H groups in total. The van der Waals surface area contributed by atoms with Gasteiger partial charge < -0.3 is 5.32 Å². The lowest BCUT2D eigenvalue weighted by Gasteiger charge is -2.12. The number of carbonyl (C=O) groups excluding carboxylic acids is 1. The van der Waals surface area contributed by atoms with E-state index in [2.05, 4.69) is 5.32 Å². The Kier molecular flexibility index (Phi) is 4.77. The Morgan fingerprint density at radius 2 is 2.05 bits per heavy atom. The van der Waals surface area contributed by atoms with Crippen molar-refractivity contribution < 1.29 is 4.79 Å². The molecule has 19 heavy (non-hydrogen) atoms. The van der Waals surface area contributed by atoms with Gasteiger partial charge in [0, 0.05) is 16.0 Å². The summed E-state index contributed by atoms with van der Waals surface area (Å²) in [6.45, 7) is 1.94. The van der Waals surface area contributed by atoms with Gasteiger partial charge >= 0.3 is 0 Å². The molecule has 1 amide bonds. The lowest BCUT2D eigenvalue weighted by atomic mass is 10.1. The predicted octanol–water partition coefficient (Wildman–Crippen LogP) is 4.29. The lowest BCUT2D eigenvalue weighted by molar-refractivity contribution is -0.117. The molecule has 0 spiro atoms. The molecule has 1 aromatic heterocycles. The minimum Gasteiger partial charge on any atom is -0.346 e. The van der Waals surface area contributed by atoms with Gasteiger partial charge in [-0.25, -0.2) is 0 Å². The molecule has 0 unspecified atom stereocenters. The van der Waals surface area contributed by atoms with Gasteiger partial charge in [-0.3, -0.25) is 4.79 Å². The summed E-state index contributed by atoms with van der Waals surface area (Å²) in [4.78, 5) is 12.8. The molecule has 0 aliphatic rings. The second-order valence-electron chi connectivity index (χ2n) is 4.13. The van der Waals surface area contributed by atoms with Gasteiger partial charge in [0.2, 0.25) is 5.91 Å². The van der Waals surface area contributed by atoms with Gasteiger partial charge in [-0.05, 0) is 42.1 Å². The van der Waals surface area contributed by atoms with Crippen molar-refractivity contribution in [2.45, 2.75) is 13.0 Å². The highest BCUT2D eigenvalue weighted by Gasteiger charge is 2.07. The first-order valence-corrected chi connectivity index (χ1v) is 7.18. The zero-order valence-corrected chi connectivity index (χ0v) is 12.0. The number of benzene rings is 1. The summed E-state index contributed by atoms with van der Waals surface area (Å²) in [6, 6.07) is 11.3. The summed E-state index contributed by atoms with van der Waals surface area (Å²) in [5, 5.41) is 5.59. The molecule has 4 heteroatoms. The molecule has 98 valence electrons. The Labute approximate surface area is 121 Å². The van der Waals surface area contributed by atoms with E-state index in [1.54, 1.807) is 17.4 Å². The van der Waals surface area contributed by atoms with Crippen molar-refractivity contribution in [3.05, 3.63) is 63.3 Å². The summed E-state index contributed by atoms with van der Waals surface area (Å²) in [5.41, 5.74) is 1.03. The van der Waals surface area contributed by atoms with Crippen LogP contribution in [0.5, 0.6) is 0 Å². The van der Waals surface area contributed by atoms with E-state index < -0.39 is 0 Å². The molecule has 1 atom stereocenters. The van der Waals surface area contributed by atoms with Crippen LogP contribution in [-0.4, -0.2) is 5.91 Å². The van der Waals surface area contributed by atoms with E-state index in [9.17, 15) is 4.79 Å². The van der Waals surface area contributed by atoms with E-state index in [-0.39, 0.29) is 11.9 Å². The van der Waals surface area contributed by atoms with Crippen LogP contribution in [0.3, 0.4) is 0 Å². The molecule has 2 rings (SSSR count). The topological polar surface area (TPSA) is 29.1 Å². The maximum atomic E-state index is 11.8. The van der Waals surface area contributed by atoms with Crippen molar-refractivity contribution >= 4 is 34.9 Å². The number of thiophene rings is 1. The third-order valence-electron chi connectivity index (χ3n) is 2.67. The molecule has 1 heterocycles. The Morgan fingerprint density at radius 3 is 2.68 bits per heavy atom. The van der Waals surface area contributed by atoms with Crippen LogP contribution in [0.1, 0.15) is 23.4 Å². The Bertz CT molecular complexity index is 560. The van der Waals surface area contributed by atoms with Gasteiger partial charge in [0.25, 0.3) is 0 Å². The fourth-order valence-electron chi connectivity index (χ4n) is 1.64. The lowest BCUT2D eigenvalue weighted by Crippen LogP contribution is -2.24. The zero-order chi connectivity index (χ0) is 13.7. The van der Waals surface area contributed by atoms with Crippen LogP contribution in [0.25, 0.3) is 6.08 Å². The molecule has 0 saturated heterocycles. The van der Waals surface area contributed by atoms with Crippen molar-refractivity contribution in [2.75, 3.05) is 0 Å². The normalized spacial score (nSPS) is 12.5. The molecule has 0 aliphatic heterocycles. The molecule has 2 aromatic rings. The molecular formula is C15H14ClNOS. The van der Waals surface area contributed by atoms with Gasteiger partial charge in [-0.15, -0.1) is 11.3 Å². The van der Waals surface area contributed by atoms with Crippen molar-refractivity contribution in [1.82, 2.24) is 5.32 Å². The number of rotatable bonds is 4. The third kappa shape index (κ3) is 4.23. The SMILES string of the molecule is C[C@H](NC(=O)/C=C/c1cccs1)c1ccc(Cl)cc1. The fraction of sp³-hybridized carbons (Fsp3) is 0.133. The molecule has 0 aliphatic carbocycles. The molecule has 0 saturated carbocycles. The maximum absolute atomic E-state index is 11.8. The second kappa shape index (κ2) is 6.55. The third-order valence-corrected chi connectivity index (χ3v) is 3.76. The molecule has 2 nitrogen and oxygen atoms in total. The summed E-state index contributed by atoms with van der Waals surface area (Å²) < 4.78 is 0. The average Bonchev–Trinajstić information content (AvgIpc) is 2.90. The van der Waals surface area contributed by atoms with Crippen LogP contribution in [0, 0.1) is 0 Å². The van der Waals surface area contributed by atoms with Crippen LogP contribution in [0.4, 0.5) is 0 Å². The maximum Gasteiger partial charge on any atom is 0.244 e. The van der Waals surface area contributed by atoms with E-state index in [0.717, 1.165) is 10.4 Å². The summed E-state index contributed by atoms with van der Waals surface area (Å²) in [7, 11) is 0. The quantitative estimate of drug-likeness (QED) is 0.837. The Morgan fingerprint density at radius 1 is 1.32 bits per heavy atom. The fourth-order valence-corrected chi connectivity index (χ4v) is 2.38. The highest BCUT2D eigenvalue weighted by molar-refractivity contribution is 7.10. The zero-order valence-electron chi connectivity index (χ0n) is 10.5. The first kappa shape index (κ1) is 13.8. The van der Waals surface area contributed by atoms with E-state index in [4.69, 9.17) is 11.6 Å². The van der Waals surface area contributed by atoms with Gasteiger partial charge in [0.1, 0.15) is 0 Å². The van der Waals surface area contributed by atoms with Crippen LogP contribution in [-0.2, 0) is 4.79 Å². The smallest absolute Gasteiger partial charge is 0.244 e. The van der Waals surface area contributed by atoms with E-state index in [1.165, 1.54) is 0 Å². The van der Waals surface area contributed by atoms with Crippen molar-refractivity contribution in [3.8, 4) is 0 Å². The molecule has 0 bridgehead atoms. The van der Waals surface area contributed by atoms with Gasteiger partial charge in [-0.2, -0.15) is 0 Å². The monoisotopic (exact) mass is 291 g/mol. The van der Waals surface area contributed by atoms with Gasteiger partial charge in [-0.1, -0.05) is 29.8 Å². The number of carbonyl (C=O) groups is 1. The number of halogens is 1. The van der Waals surface area contributed by atoms with Crippen molar-refractivity contribution in [1.29, 1.82) is 0 Å². The van der Waals surface area contributed by atoms with Crippen LogP contribution >= 0.6 is 22.9 Å². The van der Waals surface area contributed by atoms with Crippen molar-refractivity contribution in [2.24, 2.45) is 0 Å². The average molecular weight is 292 g/mol. The second-order valence-corrected chi connectivity index (χ2v) is 5.55. The largest absolute Gasteiger partial charge is 0.346 e. The molecule has 1 aromatic carbocycles. The van der Waals surface area contributed by atoms with E-state index >= 15 is 0 Å². The van der Waals surface area contributed by atoms with Crippen LogP contribution in [0.15, 0.2) is 47.9 Å². The van der Waals surface area contributed by atoms with Crippen LogP contribution in [0.2, 0.25) is 5.02 Å². The van der Waals surface area contributed by atoms with Crippen molar-refractivity contribution in [3.63, 3.8) is 0 Å². The molecule has 0 fully saturated rings. The number of hydrogen-bond acceptors (Lipinski definition) is 2. The predicted molar refractivity (Wildman–Crippen MR) is 81.4 cm³/mol. The molecule has 0 radical (unpaired) electrons. The highest BCUT2D eigenvalue weighted by atomic mass is 35.5. The molecular weight excluding hydrogens is 278 g/mol. The van der Waals surface area contributed by atoms with Gasteiger partial charge in [0.05, 0.1) is 6.04 Å². The first-order valence-electron chi connectivity index (χ1n) is 5.93. The Hall–Kier alpha value is -1.58. The standard InChI is InChI=1S/C15H14ClNOS/c1-11(12-4-6-13(16)7-5-12)17-15(18)9-8-14-3-2-10-19-14/h2-11H,1H3,(H,17,18)/b9-8+/t11-/m0/s1. The summed E-state index contributed by atoms with van der Waals surface area (Å²) in [5.74, 6) is -0.101. The minimum absolute atomic E-state index is 0.0437. The first-order chi connectivity index (χ1) is 9.15. The Balaban J connectivity index is 1.93.